The van der Waals surface area contributed by atoms with Gasteiger partial charge in [0.25, 0.3) is 5.91 Å². The van der Waals surface area contributed by atoms with Gasteiger partial charge in [-0.1, -0.05) is 23.7 Å². The van der Waals surface area contributed by atoms with Gasteiger partial charge < -0.3 is 9.64 Å². The standard InChI is InChI=1S/C18H17ClN2O2S2/c1-11-16(25-17(20-11)14-7-8-15(19)24-14)18(22)21(2)10-12-5-4-6-13(9-12)23-3/h4-9H,10H2,1-3H3. The molecule has 0 aliphatic rings. The zero-order valence-electron chi connectivity index (χ0n) is 14.1. The van der Waals surface area contributed by atoms with Crippen LogP contribution in [0.25, 0.3) is 9.88 Å². The van der Waals surface area contributed by atoms with E-state index in [-0.39, 0.29) is 5.91 Å². The number of hydrogen-bond donors (Lipinski definition) is 0. The van der Waals surface area contributed by atoms with Gasteiger partial charge in [0, 0.05) is 13.6 Å². The summed E-state index contributed by atoms with van der Waals surface area (Å²) < 4.78 is 5.95. The van der Waals surface area contributed by atoms with E-state index in [1.807, 2.05) is 43.3 Å². The highest BCUT2D eigenvalue weighted by molar-refractivity contribution is 7.24. The van der Waals surface area contributed by atoms with Crippen LogP contribution < -0.4 is 4.74 Å². The van der Waals surface area contributed by atoms with Gasteiger partial charge in [0.2, 0.25) is 0 Å². The summed E-state index contributed by atoms with van der Waals surface area (Å²) in [6.07, 6.45) is 0. The summed E-state index contributed by atoms with van der Waals surface area (Å²) in [6.45, 7) is 2.37. The summed E-state index contributed by atoms with van der Waals surface area (Å²) in [5, 5.41) is 0.826. The van der Waals surface area contributed by atoms with Crippen LogP contribution in [0.1, 0.15) is 20.9 Å². The molecule has 0 bridgehead atoms. The highest BCUT2D eigenvalue weighted by Gasteiger charge is 2.20. The number of nitrogens with zero attached hydrogens (tertiary/aromatic N) is 2. The number of benzene rings is 1. The number of carbonyl (C=O) groups excluding carboxylic acids is 1. The van der Waals surface area contributed by atoms with Crippen molar-refractivity contribution in [1.29, 1.82) is 0 Å². The minimum Gasteiger partial charge on any atom is -0.497 e. The van der Waals surface area contributed by atoms with Crippen molar-refractivity contribution in [1.82, 2.24) is 9.88 Å². The molecular weight excluding hydrogens is 376 g/mol. The second-order valence-electron chi connectivity index (χ2n) is 5.55. The molecule has 2 aromatic heterocycles. The van der Waals surface area contributed by atoms with Gasteiger partial charge in [0.05, 0.1) is 22.0 Å². The van der Waals surface area contributed by atoms with Crippen molar-refractivity contribution in [2.75, 3.05) is 14.2 Å². The Bertz CT molecular complexity index is 904. The van der Waals surface area contributed by atoms with Crippen molar-refractivity contribution in [3.05, 3.63) is 56.9 Å². The molecule has 4 nitrogen and oxygen atoms in total. The van der Waals surface area contributed by atoms with Crippen LogP contribution in [0.2, 0.25) is 4.34 Å². The molecule has 0 unspecified atom stereocenters. The van der Waals surface area contributed by atoms with Crippen LogP contribution in [-0.2, 0) is 6.54 Å². The number of amides is 1. The molecule has 7 heteroatoms. The van der Waals surface area contributed by atoms with Gasteiger partial charge in [0.15, 0.2) is 0 Å². The van der Waals surface area contributed by atoms with E-state index in [0.717, 1.165) is 26.9 Å². The third kappa shape index (κ3) is 4.03. The molecule has 1 amide bonds. The van der Waals surface area contributed by atoms with E-state index in [1.165, 1.54) is 22.7 Å². The van der Waals surface area contributed by atoms with Crippen molar-refractivity contribution in [3.63, 3.8) is 0 Å². The number of thiophene rings is 1. The summed E-state index contributed by atoms with van der Waals surface area (Å²) in [4.78, 5) is 20.7. The lowest BCUT2D eigenvalue weighted by molar-refractivity contribution is 0.0789. The number of methoxy groups -OCH3 is 1. The Morgan fingerprint density at radius 2 is 2.08 bits per heavy atom. The maximum absolute atomic E-state index is 12.8. The quantitative estimate of drug-likeness (QED) is 0.605. The maximum Gasteiger partial charge on any atom is 0.265 e. The Kier molecular flexibility index (Phi) is 5.42. The van der Waals surface area contributed by atoms with E-state index in [4.69, 9.17) is 16.3 Å². The lowest BCUT2D eigenvalue weighted by atomic mass is 10.2. The molecule has 0 aliphatic carbocycles. The average Bonchev–Trinajstić information content (AvgIpc) is 3.20. The molecule has 0 spiro atoms. The Hall–Kier alpha value is -1.89. The van der Waals surface area contributed by atoms with Gasteiger partial charge in [-0.2, -0.15) is 0 Å². The van der Waals surface area contributed by atoms with Crippen LogP contribution in [-0.4, -0.2) is 29.9 Å². The van der Waals surface area contributed by atoms with Gasteiger partial charge in [-0.15, -0.1) is 22.7 Å². The van der Waals surface area contributed by atoms with Crippen LogP contribution >= 0.6 is 34.3 Å². The number of hydrogen-bond acceptors (Lipinski definition) is 5. The first-order chi connectivity index (χ1) is 12.0. The van der Waals surface area contributed by atoms with Crippen LogP contribution in [0.5, 0.6) is 5.75 Å². The van der Waals surface area contributed by atoms with Crippen LogP contribution in [0.4, 0.5) is 0 Å². The van der Waals surface area contributed by atoms with Crippen molar-refractivity contribution >= 4 is 40.2 Å². The Labute approximate surface area is 159 Å². The molecule has 1 aromatic carbocycles. The van der Waals surface area contributed by atoms with Crippen molar-refractivity contribution in [3.8, 4) is 15.6 Å². The third-order valence-corrected chi connectivity index (χ3v) is 6.22. The smallest absolute Gasteiger partial charge is 0.265 e. The molecule has 0 saturated heterocycles. The fourth-order valence-corrected chi connectivity index (χ4v) is 4.58. The van der Waals surface area contributed by atoms with Crippen molar-refractivity contribution < 1.29 is 9.53 Å². The summed E-state index contributed by atoms with van der Waals surface area (Å²) in [7, 11) is 3.43. The summed E-state index contributed by atoms with van der Waals surface area (Å²) in [6, 6.07) is 11.5. The average molecular weight is 393 g/mol. The Balaban J connectivity index is 1.79. The first-order valence-corrected chi connectivity index (χ1v) is 9.60. The lowest BCUT2D eigenvalue weighted by Gasteiger charge is -2.17. The predicted octanol–water partition coefficient (Wildman–Crippen LogP) is 5.11. The third-order valence-electron chi connectivity index (χ3n) is 3.68. The Morgan fingerprint density at radius 1 is 1.28 bits per heavy atom. The largest absolute Gasteiger partial charge is 0.497 e. The van der Waals surface area contributed by atoms with Crippen LogP contribution in [0.15, 0.2) is 36.4 Å². The minimum absolute atomic E-state index is 0.0354. The first kappa shape index (κ1) is 17.9. The normalized spacial score (nSPS) is 10.7. The molecule has 0 saturated carbocycles. The first-order valence-electron chi connectivity index (χ1n) is 7.59. The fraction of sp³-hybridized carbons (Fsp3) is 0.222. The molecule has 25 heavy (non-hydrogen) atoms. The van der Waals surface area contributed by atoms with E-state index in [1.54, 1.807) is 19.1 Å². The molecule has 0 fully saturated rings. The number of carbonyl (C=O) groups is 1. The maximum atomic E-state index is 12.8. The minimum atomic E-state index is -0.0354. The molecule has 3 aromatic rings. The number of aromatic nitrogens is 1. The second kappa shape index (κ2) is 7.56. The molecule has 3 rings (SSSR count). The molecule has 0 atom stereocenters. The summed E-state index contributed by atoms with van der Waals surface area (Å²) in [5.41, 5.74) is 1.76. The molecule has 130 valence electrons. The number of ether oxygens (including phenoxy) is 1. The number of rotatable bonds is 5. The van der Waals surface area contributed by atoms with Crippen LogP contribution in [0.3, 0.4) is 0 Å². The number of aryl methyl sites for hydroxylation is 1. The van der Waals surface area contributed by atoms with Crippen LogP contribution in [0, 0.1) is 6.92 Å². The summed E-state index contributed by atoms with van der Waals surface area (Å²) >= 11 is 8.86. The monoisotopic (exact) mass is 392 g/mol. The topological polar surface area (TPSA) is 42.4 Å². The molecular formula is C18H17ClN2O2S2. The highest BCUT2D eigenvalue weighted by Crippen LogP contribution is 2.35. The van der Waals surface area contributed by atoms with Gasteiger partial charge in [-0.25, -0.2) is 4.98 Å². The zero-order chi connectivity index (χ0) is 18.0. The van der Waals surface area contributed by atoms with Gasteiger partial charge in [0.1, 0.15) is 15.6 Å². The van der Waals surface area contributed by atoms with E-state index in [2.05, 4.69) is 4.98 Å². The highest BCUT2D eigenvalue weighted by atomic mass is 35.5. The molecule has 0 aliphatic heterocycles. The van der Waals surface area contributed by atoms with E-state index in [9.17, 15) is 4.79 Å². The number of thiazole rings is 1. The second-order valence-corrected chi connectivity index (χ2v) is 8.26. The van der Waals surface area contributed by atoms with Gasteiger partial charge in [-0.05, 0) is 36.8 Å². The van der Waals surface area contributed by atoms with Crippen molar-refractivity contribution in [2.24, 2.45) is 0 Å². The van der Waals surface area contributed by atoms with E-state index in [0.29, 0.717) is 15.8 Å². The van der Waals surface area contributed by atoms with Gasteiger partial charge in [-0.3, -0.25) is 4.79 Å². The Morgan fingerprint density at radius 3 is 2.76 bits per heavy atom. The lowest BCUT2D eigenvalue weighted by Crippen LogP contribution is -2.26. The SMILES string of the molecule is COc1cccc(CN(C)C(=O)c2sc(-c3ccc(Cl)s3)nc2C)c1. The fourth-order valence-electron chi connectivity index (χ4n) is 2.42. The zero-order valence-corrected chi connectivity index (χ0v) is 16.5. The molecule has 0 N–H and O–H groups in total. The summed E-state index contributed by atoms with van der Waals surface area (Å²) in [5.74, 6) is 0.746. The van der Waals surface area contributed by atoms with E-state index < -0.39 is 0 Å². The predicted molar refractivity (Wildman–Crippen MR) is 104 cm³/mol. The van der Waals surface area contributed by atoms with E-state index >= 15 is 0 Å². The number of halogens is 1. The molecule has 0 radical (unpaired) electrons. The van der Waals surface area contributed by atoms with Crippen molar-refractivity contribution in [2.45, 2.75) is 13.5 Å². The van der Waals surface area contributed by atoms with Gasteiger partial charge >= 0.3 is 0 Å². The molecule has 2 heterocycles.